The lowest BCUT2D eigenvalue weighted by molar-refractivity contribution is -0.142. The van der Waals surface area contributed by atoms with Gasteiger partial charge in [0.25, 0.3) is 0 Å². The summed E-state index contributed by atoms with van der Waals surface area (Å²) in [5.74, 6) is -0.849. The molecule has 2 heterocycles. The van der Waals surface area contributed by atoms with Crippen molar-refractivity contribution in [3.05, 3.63) is 11.1 Å². The molecule has 1 aromatic rings. The maximum absolute atomic E-state index is 11.2. The Kier molecular flexibility index (Phi) is 4.10. The second-order valence-electron chi connectivity index (χ2n) is 5.29. The molecule has 0 aliphatic carbocycles. The summed E-state index contributed by atoms with van der Waals surface area (Å²) in [5.41, 5.74) is -0.315. The summed E-state index contributed by atoms with van der Waals surface area (Å²) in [6.07, 6.45) is 1.23. The van der Waals surface area contributed by atoms with Gasteiger partial charge in [0.2, 0.25) is 0 Å². The SMILES string of the molecule is CCC1CN(c2nc(C(C)(C)C(=O)O)cs2)CCO1. The van der Waals surface area contributed by atoms with Crippen molar-refractivity contribution in [3.8, 4) is 0 Å². The molecule has 6 heteroatoms. The number of aliphatic carboxylic acids is 1. The van der Waals surface area contributed by atoms with Crippen molar-refractivity contribution < 1.29 is 14.6 Å². The molecule has 2 rings (SSSR count). The first-order chi connectivity index (χ1) is 8.95. The summed E-state index contributed by atoms with van der Waals surface area (Å²) in [7, 11) is 0. The molecular weight excluding hydrogens is 264 g/mol. The van der Waals surface area contributed by atoms with E-state index in [2.05, 4.69) is 16.8 Å². The van der Waals surface area contributed by atoms with E-state index in [0.29, 0.717) is 12.3 Å². The maximum atomic E-state index is 11.2. The van der Waals surface area contributed by atoms with Gasteiger partial charge in [-0.05, 0) is 20.3 Å². The zero-order chi connectivity index (χ0) is 14.0. The Morgan fingerprint density at radius 1 is 1.68 bits per heavy atom. The van der Waals surface area contributed by atoms with Gasteiger partial charge in [0.1, 0.15) is 5.41 Å². The van der Waals surface area contributed by atoms with Crippen LogP contribution in [-0.4, -0.2) is 41.9 Å². The molecule has 106 valence electrons. The van der Waals surface area contributed by atoms with E-state index in [-0.39, 0.29) is 6.10 Å². The molecule has 1 unspecified atom stereocenters. The highest BCUT2D eigenvalue weighted by molar-refractivity contribution is 7.13. The monoisotopic (exact) mass is 284 g/mol. The van der Waals surface area contributed by atoms with Crippen molar-refractivity contribution in [3.63, 3.8) is 0 Å². The quantitative estimate of drug-likeness (QED) is 0.917. The van der Waals surface area contributed by atoms with E-state index in [1.54, 1.807) is 13.8 Å². The van der Waals surface area contributed by atoms with Crippen LogP contribution < -0.4 is 4.90 Å². The molecule has 5 nitrogen and oxygen atoms in total. The number of nitrogens with zero attached hydrogens (tertiary/aromatic N) is 2. The fraction of sp³-hybridized carbons (Fsp3) is 0.692. The van der Waals surface area contributed by atoms with Crippen molar-refractivity contribution in [2.45, 2.75) is 38.7 Å². The second-order valence-corrected chi connectivity index (χ2v) is 6.13. The molecule has 0 bridgehead atoms. The van der Waals surface area contributed by atoms with E-state index >= 15 is 0 Å². The Bertz CT molecular complexity index is 458. The predicted octanol–water partition coefficient (Wildman–Crippen LogP) is 2.12. The van der Waals surface area contributed by atoms with Crippen LogP contribution in [0.5, 0.6) is 0 Å². The van der Waals surface area contributed by atoms with Crippen molar-refractivity contribution in [2.24, 2.45) is 0 Å². The zero-order valence-corrected chi connectivity index (χ0v) is 12.4. The molecular formula is C13H20N2O3S. The molecule has 19 heavy (non-hydrogen) atoms. The third kappa shape index (κ3) is 2.90. The fourth-order valence-corrected chi connectivity index (χ4v) is 2.98. The van der Waals surface area contributed by atoms with Crippen LogP contribution in [0.2, 0.25) is 0 Å². The smallest absolute Gasteiger partial charge is 0.315 e. The minimum atomic E-state index is -0.939. The predicted molar refractivity (Wildman–Crippen MR) is 75.0 cm³/mol. The van der Waals surface area contributed by atoms with Gasteiger partial charge in [-0.2, -0.15) is 0 Å². The molecule has 1 N–H and O–H groups in total. The summed E-state index contributed by atoms with van der Waals surface area (Å²) < 4.78 is 5.63. The van der Waals surface area contributed by atoms with Crippen LogP contribution >= 0.6 is 11.3 Å². The highest BCUT2D eigenvalue weighted by Gasteiger charge is 2.33. The highest BCUT2D eigenvalue weighted by atomic mass is 32.1. The second kappa shape index (κ2) is 5.46. The molecule has 0 aromatic carbocycles. The first-order valence-electron chi connectivity index (χ1n) is 6.51. The lowest BCUT2D eigenvalue weighted by Gasteiger charge is -2.32. The van der Waals surface area contributed by atoms with Gasteiger partial charge in [-0.25, -0.2) is 4.98 Å². The highest BCUT2D eigenvalue weighted by Crippen LogP contribution is 2.30. The molecule has 1 saturated heterocycles. The number of rotatable bonds is 4. The van der Waals surface area contributed by atoms with Crippen LogP contribution in [0.1, 0.15) is 32.9 Å². The van der Waals surface area contributed by atoms with Crippen LogP contribution in [-0.2, 0) is 14.9 Å². The topological polar surface area (TPSA) is 62.7 Å². The van der Waals surface area contributed by atoms with E-state index in [1.807, 2.05) is 5.38 Å². The first kappa shape index (κ1) is 14.3. The Balaban J connectivity index is 2.15. The summed E-state index contributed by atoms with van der Waals surface area (Å²) in [6, 6.07) is 0. The van der Waals surface area contributed by atoms with Crippen molar-refractivity contribution in [1.82, 2.24) is 4.98 Å². The van der Waals surface area contributed by atoms with E-state index in [1.165, 1.54) is 11.3 Å². The molecule has 0 spiro atoms. The number of ether oxygens (including phenoxy) is 1. The van der Waals surface area contributed by atoms with Gasteiger partial charge >= 0.3 is 5.97 Å². The Labute approximate surface area is 117 Å². The third-order valence-electron chi connectivity index (χ3n) is 3.53. The van der Waals surface area contributed by atoms with E-state index in [0.717, 1.165) is 24.6 Å². The first-order valence-corrected chi connectivity index (χ1v) is 7.39. The lowest BCUT2D eigenvalue weighted by atomic mass is 9.90. The van der Waals surface area contributed by atoms with Crippen LogP contribution in [0.3, 0.4) is 0 Å². The van der Waals surface area contributed by atoms with Gasteiger partial charge < -0.3 is 14.7 Å². The number of carboxylic acids is 1. The number of hydrogen-bond donors (Lipinski definition) is 1. The zero-order valence-electron chi connectivity index (χ0n) is 11.5. The molecule has 0 radical (unpaired) electrons. The molecule has 0 amide bonds. The van der Waals surface area contributed by atoms with Gasteiger partial charge in [0.15, 0.2) is 5.13 Å². The summed E-state index contributed by atoms with van der Waals surface area (Å²) >= 11 is 1.51. The normalized spacial score (nSPS) is 20.6. The van der Waals surface area contributed by atoms with Gasteiger partial charge in [-0.15, -0.1) is 11.3 Å². The molecule has 0 saturated carbocycles. The van der Waals surface area contributed by atoms with Gasteiger partial charge in [0, 0.05) is 18.5 Å². The van der Waals surface area contributed by atoms with E-state index in [9.17, 15) is 9.90 Å². The number of anilines is 1. The largest absolute Gasteiger partial charge is 0.481 e. The van der Waals surface area contributed by atoms with Crippen LogP contribution in [0.25, 0.3) is 0 Å². The van der Waals surface area contributed by atoms with E-state index < -0.39 is 11.4 Å². The number of hydrogen-bond acceptors (Lipinski definition) is 5. The van der Waals surface area contributed by atoms with E-state index in [4.69, 9.17) is 4.74 Å². The van der Waals surface area contributed by atoms with Crippen LogP contribution in [0.4, 0.5) is 5.13 Å². The number of carboxylic acid groups (broad SMARTS) is 1. The number of thiazole rings is 1. The lowest BCUT2D eigenvalue weighted by Crippen LogP contribution is -2.42. The van der Waals surface area contributed by atoms with Gasteiger partial charge in [-0.1, -0.05) is 6.92 Å². The average molecular weight is 284 g/mol. The third-order valence-corrected chi connectivity index (χ3v) is 4.43. The number of carbonyl (C=O) groups is 1. The fourth-order valence-electron chi connectivity index (χ4n) is 1.95. The average Bonchev–Trinajstić information content (AvgIpc) is 2.89. The molecule has 1 fully saturated rings. The standard InChI is InChI=1S/C13H20N2O3S/c1-4-9-7-15(5-6-18-9)12-14-10(8-19-12)13(2,3)11(16)17/h8-9H,4-7H2,1-3H3,(H,16,17). The van der Waals surface area contributed by atoms with Crippen LogP contribution in [0.15, 0.2) is 5.38 Å². The number of aromatic nitrogens is 1. The van der Waals surface area contributed by atoms with Crippen LogP contribution in [0, 0.1) is 0 Å². The van der Waals surface area contributed by atoms with Gasteiger partial charge in [-0.3, -0.25) is 4.79 Å². The number of morpholine rings is 1. The molecule has 1 aromatic heterocycles. The maximum Gasteiger partial charge on any atom is 0.315 e. The summed E-state index contributed by atoms with van der Waals surface area (Å²) in [5, 5.41) is 12.0. The van der Waals surface area contributed by atoms with Crippen molar-refractivity contribution in [1.29, 1.82) is 0 Å². The van der Waals surface area contributed by atoms with Crippen molar-refractivity contribution in [2.75, 3.05) is 24.6 Å². The van der Waals surface area contributed by atoms with Gasteiger partial charge in [0.05, 0.1) is 18.4 Å². The summed E-state index contributed by atoms with van der Waals surface area (Å²) in [4.78, 5) is 17.9. The minimum Gasteiger partial charge on any atom is -0.481 e. The Morgan fingerprint density at radius 3 is 3.05 bits per heavy atom. The van der Waals surface area contributed by atoms with Crippen molar-refractivity contribution >= 4 is 22.4 Å². The Morgan fingerprint density at radius 2 is 2.42 bits per heavy atom. The molecule has 1 aliphatic heterocycles. The minimum absolute atomic E-state index is 0.244. The molecule has 1 aliphatic rings. The Hall–Kier alpha value is -1.14. The molecule has 1 atom stereocenters. The summed E-state index contributed by atoms with van der Waals surface area (Å²) in [6.45, 7) is 7.82.